The lowest BCUT2D eigenvalue weighted by Gasteiger charge is -2.30. The van der Waals surface area contributed by atoms with Crippen molar-refractivity contribution in [2.45, 2.75) is 84.0 Å². The van der Waals surface area contributed by atoms with Gasteiger partial charge in [-0.1, -0.05) is 27.7 Å². The number of rotatable bonds is 12. The maximum absolute atomic E-state index is 13.0. The summed E-state index contributed by atoms with van der Waals surface area (Å²) in [6.07, 6.45) is 1.24. The predicted molar refractivity (Wildman–Crippen MR) is 117 cm³/mol. The maximum Gasteiger partial charge on any atom is 0.326 e. The summed E-state index contributed by atoms with van der Waals surface area (Å²) in [6.45, 7) is 7.75. The number of primary amides is 1. The highest BCUT2D eigenvalue weighted by Crippen LogP contribution is 2.20. The molecule has 0 saturated carbocycles. The number of nitrogens with zero attached hydrogens (tertiary/aromatic N) is 1. The van der Waals surface area contributed by atoms with Gasteiger partial charge in [0.05, 0.1) is 6.04 Å². The van der Waals surface area contributed by atoms with Crippen molar-refractivity contribution in [1.29, 1.82) is 0 Å². The van der Waals surface area contributed by atoms with E-state index in [9.17, 15) is 29.1 Å². The second kappa shape index (κ2) is 12.4. The molecule has 1 rings (SSSR count). The van der Waals surface area contributed by atoms with Gasteiger partial charge in [0.2, 0.25) is 23.6 Å². The van der Waals surface area contributed by atoms with E-state index in [1.165, 1.54) is 4.90 Å². The van der Waals surface area contributed by atoms with Crippen molar-refractivity contribution in [2.24, 2.45) is 23.3 Å². The third-order valence-corrected chi connectivity index (χ3v) is 5.42. The lowest BCUT2D eigenvalue weighted by atomic mass is 10.0. The van der Waals surface area contributed by atoms with Crippen LogP contribution in [-0.4, -0.2) is 70.3 Å². The zero-order valence-corrected chi connectivity index (χ0v) is 19.3. The van der Waals surface area contributed by atoms with Crippen molar-refractivity contribution in [3.8, 4) is 0 Å². The number of nitrogens with one attached hydrogen (secondary N) is 2. The van der Waals surface area contributed by atoms with Crippen molar-refractivity contribution in [2.75, 3.05) is 6.54 Å². The van der Waals surface area contributed by atoms with Crippen LogP contribution in [0.3, 0.4) is 0 Å². The summed E-state index contributed by atoms with van der Waals surface area (Å²) in [6, 6.07) is -3.76. The number of carbonyl (C=O) groups is 5. The van der Waals surface area contributed by atoms with Crippen LogP contribution in [-0.2, 0) is 24.0 Å². The van der Waals surface area contributed by atoms with Gasteiger partial charge in [0.15, 0.2) is 0 Å². The van der Waals surface area contributed by atoms with Gasteiger partial charge in [-0.2, -0.15) is 0 Å². The van der Waals surface area contributed by atoms with E-state index in [1.807, 2.05) is 13.8 Å². The molecular weight excluding hydrogens is 418 g/mol. The lowest BCUT2D eigenvalue weighted by Crippen LogP contribution is -2.58. The van der Waals surface area contributed by atoms with Gasteiger partial charge in [-0.15, -0.1) is 0 Å². The van der Waals surface area contributed by atoms with E-state index in [1.54, 1.807) is 13.8 Å². The number of hydrogen-bond donors (Lipinski definition) is 5. The number of carboxylic acid groups (broad SMARTS) is 1. The second-order valence-corrected chi connectivity index (χ2v) is 9.06. The normalized spacial score (nSPS) is 18.8. The maximum atomic E-state index is 13.0. The van der Waals surface area contributed by atoms with E-state index >= 15 is 0 Å². The fourth-order valence-electron chi connectivity index (χ4n) is 3.71. The molecule has 182 valence electrons. The Labute approximate surface area is 188 Å². The molecule has 11 heteroatoms. The molecule has 11 nitrogen and oxygen atoms in total. The first-order chi connectivity index (χ1) is 14.8. The Bertz CT molecular complexity index is 711. The second-order valence-electron chi connectivity index (χ2n) is 9.06. The third kappa shape index (κ3) is 8.10. The average molecular weight is 456 g/mol. The van der Waals surface area contributed by atoms with Crippen molar-refractivity contribution >= 4 is 29.6 Å². The van der Waals surface area contributed by atoms with E-state index in [4.69, 9.17) is 11.5 Å². The van der Waals surface area contributed by atoms with Crippen LogP contribution >= 0.6 is 0 Å². The first-order valence-corrected chi connectivity index (χ1v) is 11.0. The van der Waals surface area contributed by atoms with E-state index in [-0.39, 0.29) is 30.6 Å². The first-order valence-electron chi connectivity index (χ1n) is 11.0. The predicted octanol–water partition coefficient (Wildman–Crippen LogP) is -0.673. The molecule has 4 unspecified atom stereocenters. The number of amides is 4. The number of carbonyl (C=O) groups excluding carboxylic acids is 4. The summed E-state index contributed by atoms with van der Waals surface area (Å²) in [5.41, 5.74) is 11.1. The molecule has 0 aromatic carbocycles. The van der Waals surface area contributed by atoms with Crippen molar-refractivity contribution in [3.05, 3.63) is 0 Å². The Morgan fingerprint density at radius 3 is 2.22 bits per heavy atom. The fourth-order valence-corrected chi connectivity index (χ4v) is 3.71. The highest BCUT2D eigenvalue weighted by Gasteiger charge is 2.38. The number of hydrogen-bond acceptors (Lipinski definition) is 6. The first kappa shape index (κ1) is 27.3. The smallest absolute Gasteiger partial charge is 0.326 e. The van der Waals surface area contributed by atoms with Crippen LogP contribution in [0.4, 0.5) is 0 Å². The van der Waals surface area contributed by atoms with E-state index < -0.39 is 47.9 Å². The van der Waals surface area contributed by atoms with Crippen LogP contribution < -0.4 is 22.1 Å². The zero-order chi connectivity index (χ0) is 24.6. The number of carboxylic acids is 1. The highest BCUT2D eigenvalue weighted by molar-refractivity contribution is 5.94. The fraction of sp³-hybridized carbons (Fsp3) is 0.762. The zero-order valence-electron chi connectivity index (χ0n) is 19.3. The van der Waals surface area contributed by atoms with Crippen molar-refractivity contribution in [1.82, 2.24) is 15.5 Å². The lowest BCUT2D eigenvalue weighted by molar-refractivity contribution is -0.143. The van der Waals surface area contributed by atoms with Crippen LogP contribution in [0.2, 0.25) is 0 Å². The topological polar surface area (TPSA) is 185 Å². The van der Waals surface area contributed by atoms with E-state index in [2.05, 4.69) is 10.6 Å². The Balaban J connectivity index is 2.86. The molecule has 0 aliphatic carbocycles. The van der Waals surface area contributed by atoms with Crippen LogP contribution in [0.5, 0.6) is 0 Å². The number of nitrogens with two attached hydrogens (primary N) is 2. The molecule has 1 saturated heterocycles. The van der Waals surface area contributed by atoms with Crippen molar-refractivity contribution in [3.63, 3.8) is 0 Å². The number of aliphatic carboxylic acids is 1. The monoisotopic (exact) mass is 455 g/mol. The van der Waals surface area contributed by atoms with Crippen LogP contribution in [0.1, 0.15) is 59.8 Å². The molecule has 32 heavy (non-hydrogen) atoms. The third-order valence-electron chi connectivity index (χ3n) is 5.42. The summed E-state index contributed by atoms with van der Waals surface area (Å²) in [7, 11) is 0. The van der Waals surface area contributed by atoms with Gasteiger partial charge in [0.1, 0.15) is 18.1 Å². The molecule has 1 aliphatic heterocycles. The molecule has 0 aromatic heterocycles. The molecular formula is C21H37N5O6. The summed E-state index contributed by atoms with van der Waals surface area (Å²) >= 11 is 0. The molecule has 4 atom stereocenters. The highest BCUT2D eigenvalue weighted by atomic mass is 16.4. The van der Waals surface area contributed by atoms with Gasteiger partial charge in [0.25, 0.3) is 0 Å². The van der Waals surface area contributed by atoms with Gasteiger partial charge < -0.3 is 32.1 Å². The van der Waals surface area contributed by atoms with Crippen LogP contribution in [0.15, 0.2) is 0 Å². The van der Waals surface area contributed by atoms with Gasteiger partial charge in [-0.3, -0.25) is 19.2 Å². The average Bonchev–Trinajstić information content (AvgIpc) is 3.16. The minimum Gasteiger partial charge on any atom is -0.480 e. The van der Waals surface area contributed by atoms with E-state index in [0.717, 1.165) is 0 Å². The quantitative estimate of drug-likeness (QED) is 0.258. The van der Waals surface area contributed by atoms with Gasteiger partial charge in [-0.25, -0.2) is 4.79 Å². The molecule has 0 radical (unpaired) electrons. The summed E-state index contributed by atoms with van der Waals surface area (Å²) < 4.78 is 0. The van der Waals surface area contributed by atoms with Crippen LogP contribution in [0.25, 0.3) is 0 Å². The SMILES string of the molecule is CC(C)CC(N)C(=O)N1CCCC1C(=O)NC(C(=O)NC(CCC(N)=O)C(=O)O)C(C)C. The molecule has 7 N–H and O–H groups in total. The molecule has 1 aliphatic rings. The molecule has 0 bridgehead atoms. The van der Waals surface area contributed by atoms with Gasteiger partial charge >= 0.3 is 5.97 Å². The summed E-state index contributed by atoms with van der Waals surface area (Å²) in [5.74, 6) is -3.56. The molecule has 0 spiro atoms. The van der Waals surface area contributed by atoms with Gasteiger partial charge in [-0.05, 0) is 37.5 Å². The Morgan fingerprint density at radius 2 is 1.72 bits per heavy atom. The standard InChI is InChI=1S/C21H37N5O6/c1-11(2)10-13(22)20(30)26-9-5-6-15(26)18(28)25-17(12(3)4)19(29)24-14(21(31)32)7-8-16(23)27/h11-15,17H,5-10,22H2,1-4H3,(H2,23,27)(H,24,29)(H,25,28)(H,31,32). The van der Waals surface area contributed by atoms with Gasteiger partial charge in [0, 0.05) is 13.0 Å². The minimum absolute atomic E-state index is 0.159. The minimum atomic E-state index is -1.31. The van der Waals surface area contributed by atoms with Crippen molar-refractivity contribution < 1.29 is 29.1 Å². The van der Waals surface area contributed by atoms with E-state index in [0.29, 0.717) is 25.8 Å². The summed E-state index contributed by atoms with van der Waals surface area (Å²) in [5, 5.41) is 14.3. The molecule has 1 heterocycles. The summed E-state index contributed by atoms with van der Waals surface area (Å²) in [4.78, 5) is 62.3. The Morgan fingerprint density at radius 1 is 1.09 bits per heavy atom. The van der Waals surface area contributed by atoms with Crippen LogP contribution in [0, 0.1) is 11.8 Å². The molecule has 0 aromatic rings. The molecule has 1 fully saturated rings. The Hall–Kier alpha value is -2.69. The molecule has 4 amide bonds. The largest absolute Gasteiger partial charge is 0.480 e. The Kier molecular flexibility index (Phi) is 10.6. The number of likely N-dealkylation sites (tertiary alicyclic amines) is 1.